The molecule has 1 heterocycles. The number of nitrogens with one attached hydrogen (secondary N) is 1. The lowest BCUT2D eigenvalue weighted by Gasteiger charge is -2.31. The molecule has 5 nitrogen and oxygen atoms in total. The number of nitrogens with zero attached hydrogens (tertiary/aromatic N) is 1. The molecule has 23 heavy (non-hydrogen) atoms. The van der Waals surface area contributed by atoms with E-state index in [2.05, 4.69) is 16.3 Å². The Bertz CT molecular complexity index is 535. The summed E-state index contributed by atoms with van der Waals surface area (Å²) in [5.41, 5.74) is 1.07. The van der Waals surface area contributed by atoms with Gasteiger partial charge in [0.25, 0.3) is 0 Å². The average Bonchev–Trinajstić information content (AvgIpc) is 2.56. The van der Waals surface area contributed by atoms with E-state index in [1.54, 1.807) is 0 Å². The third kappa shape index (κ3) is 4.45. The SMILES string of the molecule is O=C(CC1(O)CCCCC1)Nc1cccc(N2CCOCC2)c1. The maximum atomic E-state index is 12.3. The smallest absolute Gasteiger partial charge is 0.227 e. The largest absolute Gasteiger partial charge is 0.389 e. The van der Waals surface area contributed by atoms with Crippen LogP contribution in [0, 0.1) is 0 Å². The second-order valence-electron chi connectivity index (χ2n) is 6.66. The number of carbonyl (C=O) groups excluding carboxylic acids is 1. The van der Waals surface area contributed by atoms with E-state index < -0.39 is 5.60 Å². The van der Waals surface area contributed by atoms with Crippen LogP contribution in [0.3, 0.4) is 0 Å². The number of benzene rings is 1. The van der Waals surface area contributed by atoms with E-state index in [0.29, 0.717) is 0 Å². The lowest BCUT2D eigenvalue weighted by molar-refractivity contribution is -0.122. The summed E-state index contributed by atoms with van der Waals surface area (Å²) in [6, 6.07) is 7.90. The van der Waals surface area contributed by atoms with Crippen LogP contribution in [0.1, 0.15) is 38.5 Å². The van der Waals surface area contributed by atoms with Crippen molar-refractivity contribution in [3.8, 4) is 0 Å². The molecule has 2 N–H and O–H groups in total. The van der Waals surface area contributed by atoms with Gasteiger partial charge < -0.3 is 20.1 Å². The molecule has 0 spiro atoms. The molecule has 1 aromatic carbocycles. The Labute approximate surface area is 137 Å². The van der Waals surface area contributed by atoms with Crippen molar-refractivity contribution < 1.29 is 14.6 Å². The molecule has 0 aromatic heterocycles. The number of ether oxygens (including phenoxy) is 1. The lowest BCUT2D eigenvalue weighted by atomic mass is 9.82. The van der Waals surface area contributed by atoms with E-state index in [9.17, 15) is 9.90 Å². The molecule has 2 fully saturated rings. The summed E-state index contributed by atoms with van der Waals surface area (Å²) >= 11 is 0. The van der Waals surface area contributed by atoms with Gasteiger partial charge >= 0.3 is 0 Å². The second kappa shape index (κ2) is 7.32. The molecule has 5 heteroatoms. The van der Waals surface area contributed by atoms with Crippen molar-refractivity contribution in [2.24, 2.45) is 0 Å². The maximum absolute atomic E-state index is 12.3. The Balaban J connectivity index is 1.59. The highest BCUT2D eigenvalue weighted by molar-refractivity contribution is 5.91. The molecule has 0 atom stereocenters. The summed E-state index contributed by atoms with van der Waals surface area (Å²) in [4.78, 5) is 14.5. The van der Waals surface area contributed by atoms with Crippen LogP contribution in [0.15, 0.2) is 24.3 Å². The minimum atomic E-state index is -0.815. The van der Waals surface area contributed by atoms with Crippen LogP contribution in [-0.4, -0.2) is 42.9 Å². The Hall–Kier alpha value is -1.59. The quantitative estimate of drug-likeness (QED) is 0.895. The third-order valence-corrected chi connectivity index (χ3v) is 4.78. The van der Waals surface area contributed by atoms with E-state index in [-0.39, 0.29) is 12.3 Å². The summed E-state index contributed by atoms with van der Waals surface area (Å²) < 4.78 is 5.37. The Morgan fingerprint density at radius 3 is 2.70 bits per heavy atom. The van der Waals surface area contributed by atoms with Crippen molar-refractivity contribution in [2.75, 3.05) is 36.5 Å². The first kappa shape index (κ1) is 16.3. The van der Waals surface area contributed by atoms with Gasteiger partial charge in [0.15, 0.2) is 0 Å². The van der Waals surface area contributed by atoms with Gasteiger partial charge in [-0.3, -0.25) is 4.79 Å². The molecule has 0 bridgehead atoms. The van der Waals surface area contributed by atoms with Gasteiger partial charge in [-0.25, -0.2) is 0 Å². The van der Waals surface area contributed by atoms with Gasteiger partial charge in [0.2, 0.25) is 5.91 Å². The molecule has 1 aromatic rings. The van der Waals surface area contributed by atoms with Crippen LogP contribution >= 0.6 is 0 Å². The summed E-state index contributed by atoms with van der Waals surface area (Å²) in [6.07, 6.45) is 4.83. The van der Waals surface area contributed by atoms with Gasteiger partial charge in [-0.15, -0.1) is 0 Å². The minimum absolute atomic E-state index is 0.103. The number of amides is 1. The molecule has 1 saturated heterocycles. The molecule has 1 aliphatic carbocycles. The minimum Gasteiger partial charge on any atom is -0.389 e. The molecular formula is C18H26N2O3. The highest BCUT2D eigenvalue weighted by atomic mass is 16.5. The number of morpholine rings is 1. The fourth-order valence-corrected chi connectivity index (χ4v) is 3.49. The van der Waals surface area contributed by atoms with Crippen molar-refractivity contribution >= 4 is 17.3 Å². The number of hydrogen-bond donors (Lipinski definition) is 2. The standard InChI is InChI=1S/C18H26N2O3/c21-17(14-18(22)7-2-1-3-8-18)19-15-5-4-6-16(13-15)20-9-11-23-12-10-20/h4-6,13,22H,1-3,7-12,14H2,(H,19,21). The number of hydrogen-bond acceptors (Lipinski definition) is 4. The van der Waals surface area contributed by atoms with Gasteiger partial charge in [0.05, 0.1) is 25.2 Å². The Morgan fingerprint density at radius 2 is 1.96 bits per heavy atom. The van der Waals surface area contributed by atoms with E-state index in [1.165, 1.54) is 0 Å². The number of aliphatic hydroxyl groups is 1. The summed E-state index contributed by atoms with van der Waals surface area (Å²) in [6.45, 7) is 3.22. The van der Waals surface area contributed by atoms with E-state index in [4.69, 9.17) is 4.74 Å². The molecular weight excluding hydrogens is 292 g/mol. The molecule has 1 aliphatic heterocycles. The van der Waals surface area contributed by atoms with Crippen LogP contribution in [0.5, 0.6) is 0 Å². The zero-order chi connectivity index (χ0) is 16.1. The highest BCUT2D eigenvalue weighted by Crippen LogP contribution is 2.31. The van der Waals surface area contributed by atoms with Crippen LogP contribution < -0.4 is 10.2 Å². The molecule has 1 amide bonds. The average molecular weight is 318 g/mol. The Kier molecular flexibility index (Phi) is 5.18. The second-order valence-corrected chi connectivity index (χ2v) is 6.66. The first-order valence-electron chi connectivity index (χ1n) is 8.60. The summed E-state index contributed by atoms with van der Waals surface area (Å²) in [7, 11) is 0. The van der Waals surface area contributed by atoms with Crippen molar-refractivity contribution in [2.45, 2.75) is 44.1 Å². The molecule has 126 valence electrons. The van der Waals surface area contributed by atoms with Crippen molar-refractivity contribution in [3.63, 3.8) is 0 Å². The van der Waals surface area contributed by atoms with Gasteiger partial charge in [0, 0.05) is 24.5 Å². The van der Waals surface area contributed by atoms with Crippen molar-refractivity contribution in [1.29, 1.82) is 0 Å². The fourth-order valence-electron chi connectivity index (χ4n) is 3.49. The topological polar surface area (TPSA) is 61.8 Å². The molecule has 2 aliphatic rings. The number of carbonyl (C=O) groups is 1. The van der Waals surface area contributed by atoms with Crippen LogP contribution in [-0.2, 0) is 9.53 Å². The zero-order valence-electron chi connectivity index (χ0n) is 13.6. The van der Waals surface area contributed by atoms with E-state index >= 15 is 0 Å². The van der Waals surface area contributed by atoms with Crippen molar-refractivity contribution in [1.82, 2.24) is 0 Å². The molecule has 1 saturated carbocycles. The lowest BCUT2D eigenvalue weighted by Crippen LogP contribution is -2.36. The van der Waals surface area contributed by atoms with Crippen LogP contribution in [0.4, 0.5) is 11.4 Å². The first-order valence-corrected chi connectivity index (χ1v) is 8.60. The van der Waals surface area contributed by atoms with Gasteiger partial charge in [-0.05, 0) is 31.0 Å². The van der Waals surface area contributed by atoms with E-state index in [1.807, 2.05) is 18.2 Å². The van der Waals surface area contributed by atoms with Crippen molar-refractivity contribution in [3.05, 3.63) is 24.3 Å². The zero-order valence-corrected chi connectivity index (χ0v) is 13.6. The van der Waals surface area contributed by atoms with E-state index in [0.717, 1.165) is 69.8 Å². The summed E-state index contributed by atoms with van der Waals surface area (Å²) in [5, 5.41) is 13.4. The Morgan fingerprint density at radius 1 is 1.22 bits per heavy atom. The monoisotopic (exact) mass is 318 g/mol. The van der Waals surface area contributed by atoms with Crippen LogP contribution in [0.25, 0.3) is 0 Å². The normalized spacial score (nSPS) is 21.0. The predicted molar refractivity (Wildman–Crippen MR) is 90.8 cm³/mol. The summed E-state index contributed by atoms with van der Waals surface area (Å²) in [5.74, 6) is -0.103. The fraction of sp³-hybridized carbons (Fsp3) is 0.611. The third-order valence-electron chi connectivity index (χ3n) is 4.78. The number of anilines is 2. The van der Waals surface area contributed by atoms with Crippen LogP contribution in [0.2, 0.25) is 0 Å². The predicted octanol–water partition coefficient (Wildman–Crippen LogP) is 2.55. The van der Waals surface area contributed by atoms with Gasteiger partial charge in [0.1, 0.15) is 0 Å². The highest BCUT2D eigenvalue weighted by Gasteiger charge is 2.31. The molecule has 3 rings (SSSR count). The van der Waals surface area contributed by atoms with Gasteiger partial charge in [-0.2, -0.15) is 0 Å². The first-order chi connectivity index (χ1) is 11.1. The molecule has 0 radical (unpaired) electrons. The molecule has 0 unspecified atom stereocenters. The van der Waals surface area contributed by atoms with Gasteiger partial charge in [-0.1, -0.05) is 25.3 Å². The number of rotatable bonds is 4. The maximum Gasteiger partial charge on any atom is 0.227 e.